The molecule has 96 valence electrons. The van der Waals surface area contributed by atoms with Crippen molar-refractivity contribution in [3.05, 3.63) is 35.9 Å². The second kappa shape index (κ2) is 7.46. The lowest BCUT2D eigenvalue weighted by Crippen LogP contribution is -2.33. The van der Waals surface area contributed by atoms with Crippen LogP contribution in [0.25, 0.3) is 0 Å². The minimum absolute atomic E-state index is 0.459. The van der Waals surface area contributed by atoms with Gasteiger partial charge in [-0.15, -0.1) is 0 Å². The van der Waals surface area contributed by atoms with Crippen molar-refractivity contribution >= 4 is 0 Å². The SMILES string of the molecule is CCC(C)CNCC(c1ccccc1)N(C)C. The fourth-order valence-corrected chi connectivity index (χ4v) is 1.88. The van der Waals surface area contributed by atoms with Crippen molar-refractivity contribution in [2.75, 3.05) is 27.2 Å². The highest BCUT2D eigenvalue weighted by Gasteiger charge is 2.13. The van der Waals surface area contributed by atoms with Crippen LogP contribution in [-0.4, -0.2) is 32.1 Å². The third-order valence-electron chi connectivity index (χ3n) is 3.34. The van der Waals surface area contributed by atoms with Crippen molar-refractivity contribution in [2.24, 2.45) is 5.92 Å². The van der Waals surface area contributed by atoms with E-state index in [0.29, 0.717) is 6.04 Å². The number of benzene rings is 1. The van der Waals surface area contributed by atoms with Gasteiger partial charge in [0, 0.05) is 12.6 Å². The standard InChI is InChI=1S/C15H26N2/c1-5-13(2)11-16-12-15(17(3)4)14-9-7-6-8-10-14/h6-10,13,15-16H,5,11-12H2,1-4H3. The summed E-state index contributed by atoms with van der Waals surface area (Å²) in [5.74, 6) is 0.758. The highest BCUT2D eigenvalue weighted by Crippen LogP contribution is 2.16. The minimum Gasteiger partial charge on any atom is -0.315 e. The lowest BCUT2D eigenvalue weighted by Gasteiger charge is -2.25. The number of nitrogens with one attached hydrogen (secondary N) is 1. The summed E-state index contributed by atoms with van der Waals surface area (Å²) < 4.78 is 0. The molecule has 0 heterocycles. The molecule has 1 N–H and O–H groups in total. The minimum atomic E-state index is 0.459. The summed E-state index contributed by atoms with van der Waals surface area (Å²) in [5.41, 5.74) is 1.38. The lowest BCUT2D eigenvalue weighted by molar-refractivity contribution is 0.284. The molecule has 0 bridgehead atoms. The van der Waals surface area contributed by atoms with Gasteiger partial charge < -0.3 is 10.2 Å². The maximum atomic E-state index is 3.57. The molecule has 1 aromatic rings. The largest absolute Gasteiger partial charge is 0.315 e. The van der Waals surface area contributed by atoms with Gasteiger partial charge >= 0.3 is 0 Å². The van der Waals surface area contributed by atoms with Crippen molar-refractivity contribution in [2.45, 2.75) is 26.3 Å². The van der Waals surface area contributed by atoms with Gasteiger partial charge in [0.15, 0.2) is 0 Å². The van der Waals surface area contributed by atoms with Crippen LogP contribution in [0.5, 0.6) is 0 Å². The summed E-state index contributed by atoms with van der Waals surface area (Å²) in [5, 5.41) is 3.57. The fourth-order valence-electron chi connectivity index (χ4n) is 1.88. The first-order valence-electron chi connectivity index (χ1n) is 6.57. The monoisotopic (exact) mass is 234 g/mol. The highest BCUT2D eigenvalue weighted by atomic mass is 15.1. The average molecular weight is 234 g/mol. The molecule has 0 aromatic heterocycles. The maximum absolute atomic E-state index is 3.57. The molecule has 0 spiro atoms. The van der Waals surface area contributed by atoms with E-state index in [2.05, 4.69) is 68.5 Å². The van der Waals surface area contributed by atoms with Gasteiger partial charge in [0.05, 0.1) is 0 Å². The van der Waals surface area contributed by atoms with Gasteiger partial charge in [0.2, 0.25) is 0 Å². The van der Waals surface area contributed by atoms with Crippen molar-refractivity contribution in [1.82, 2.24) is 10.2 Å². The molecule has 0 aliphatic carbocycles. The summed E-state index contributed by atoms with van der Waals surface area (Å²) in [4.78, 5) is 2.28. The Labute approximate surface area is 106 Å². The number of likely N-dealkylation sites (N-methyl/N-ethyl adjacent to an activating group) is 1. The smallest absolute Gasteiger partial charge is 0.0466 e. The Morgan fingerprint density at radius 1 is 1.12 bits per heavy atom. The molecule has 2 unspecified atom stereocenters. The maximum Gasteiger partial charge on any atom is 0.0466 e. The molecular weight excluding hydrogens is 208 g/mol. The van der Waals surface area contributed by atoms with E-state index in [1.165, 1.54) is 12.0 Å². The fraction of sp³-hybridized carbons (Fsp3) is 0.600. The Morgan fingerprint density at radius 2 is 1.76 bits per heavy atom. The first kappa shape index (κ1) is 14.2. The molecular formula is C15H26N2. The predicted octanol–water partition coefficient (Wildman–Crippen LogP) is 2.93. The Balaban J connectivity index is 2.50. The quantitative estimate of drug-likeness (QED) is 0.780. The van der Waals surface area contributed by atoms with Crippen molar-refractivity contribution < 1.29 is 0 Å². The van der Waals surface area contributed by atoms with E-state index in [9.17, 15) is 0 Å². The molecule has 0 saturated heterocycles. The van der Waals surface area contributed by atoms with Gasteiger partial charge in [-0.2, -0.15) is 0 Å². The third-order valence-corrected chi connectivity index (χ3v) is 3.34. The van der Waals surface area contributed by atoms with Gasteiger partial charge in [-0.3, -0.25) is 0 Å². The van der Waals surface area contributed by atoms with Crippen molar-refractivity contribution in [3.8, 4) is 0 Å². The number of nitrogens with zero attached hydrogens (tertiary/aromatic N) is 1. The molecule has 0 saturated carbocycles. The van der Waals surface area contributed by atoms with Gasteiger partial charge in [0.1, 0.15) is 0 Å². The second-order valence-corrected chi connectivity index (χ2v) is 5.06. The lowest BCUT2D eigenvalue weighted by atomic mass is 10.1. The predicted molar refractivity (Wildman–Crippen MR) is 75.2 cm³/mol. The van der Waals surface area contributed by atoms with Crippen LogP contribution in [0.1, 0.15) is 31.9 Å². The zero-order valence-electron chi connectivity index (χ0n) is 11.6. The summed E-state index contributed by atoms with van der Waals surface area (Å²) in [6, 6.07) is 11.2. The Morgan fingerprint density at radius 3 is 2.29 bits per heavy atom. The topological polar surface area (TPSA) is 15.3 Å². The Kier molecular flexibility index (Phi) is 6.23. The van der Waals surface area contributed by atoms with E-state index in [1.807, 2.05) is 0 Å². The van der Waals surface area contributed by atoms with Crippen LogP contribution < -0.4 is 5.32 Å². The van der Waals surface area contributed by atoms with Crippen LogP contribution in [0, 0.1) is 5.92 Å². The van der Waals surface area contributed by atoms with Crippen LogP contribution in [0.3, 0.4) is 0 Å². The number of hydrogen-bond donors (Lipinski definition) is 1. The van der Waals surface area contributed by atoms with Crippen LogP contribution in [-0.2, 0) is 0 Å². The van der Waals surface area contributed by atoms with E-state index in [-0.39, 0.29) is 0 Å². The van der Waals surface area contributed by atoms with Crippen molar-refractivity contribution in [1.29, 1.82) is 0 Å². The zero-order valence-corrected chi connectivity index (χ0v) is 11.6. The molecule has 0 radical (unpaired) electrons. The van der Waals surface area contributed by atoms with E-state index in [1.54, 1.807) is 0 Å². The molecule has 0 aliphatic heterocycles. The average Bonchev–Trinajstić information content (AvgIpc) is 2.34. The summed E-state index contributed by atoms with van der Waals surface area (Å²) in [7, 11) is 4.28. The molecule has 1 rings (SSSR count). The van der Waals surface area contributed by atoms with Gasteiger partial charge in [-0.25, -0.2) is 0 Å². The van der Waals surface area contributed by atoms with Crippen LogP contribution in [0.2, 0.25) is 0 Å². The highest BCUT2D eigenvalue weighted by molar-refractivity contribution is 5.19. The molecule has 2 atom stereocenters. The van der Waals surface area contributed by atoms with Gasteiger partial charge in [0.25, 0.3) is 0 Å². The van der Waals surface area contributed by atoms with Crippen molar-refractivity contribution in [3.63, 3.8) is 0 Å². The van der Waals surface area contributed by atoms with Gasteiger partial charge in [-0.05, 0) is 32.1 Å². The molecule has 0 aliphatic rings. The van der Waals surface area contributed by atoms with Gasteiger partial charge in [-0.1, -0.05) is 50.6 Å². The summed E-state index contributed by atoms with van der Waals surface area (Å²) in [6.07, 6.45) is 1.24. The Bertz CT molecular complexity index is 295. The number of hydrogen-bond acceptors (Lipinski definition) is 2. The first-order valence-corrected chi connectivity index (χ1v) is 6.57. The molecule has 0 amide bonds. The summed E-state index contributed by atoms with van der Waals surface area (Å²) in [6.45, 7) is 6.65. The normalized spacial score (nSPS) is 14.9. The van der Waals surface area contributed by atoms with E-state index in [0.717, 1.165) is 19.0 Å². The van der Waals surface area contributed by atoms with Crippen LogP contribution in [0.4, 0.5) is 0 Å². The first-order chi connectivity index (χ1) is 8.15. The molecule has 1 aromatic carbocycles. The molecule has 2 heteroatoms. The molecule has 17 heavy (non-hydrogen) atoms. The summed E-state index contributed by atoms with van der Waals surface area (Å²) >= 11 is 0. The van der Waals surface area contributed by atoms with E-state index in [4.69, 9.17) is 0 Å². The zero-order chi connectivity index (χ0) is 12.7. The molecule has 0 fully saturated rings. The van der Waals surface area contributed by atoms with E-state index < -0.39 is 0 Å². The molecule has 2 nitrogen and oxygen atoms in total. The van der Waals surface area contributed by atoms with E-state index >= 15 is 0 Å². The van der Waals surface area contributed by atoms with Crippen LogP contribution in [0.15, 0.2) is 30.3 Å². The van der Waals surface area contributed by atoms with Crippen LogP contribution >= 0.6 is 0 Å². The third kappa shape index (κ3) is 4.88. The Hall–Kier alpha value is -0.860. The number of rotatable bonds is 7. The second-order valence-electron chi connectivity index (χ2n) is 5.06.